The summed E-state index contributed by atoms with van der Waals surface area (Å²) in [4.78, 5) is 0. The monoisotopic (exact) mass is 331 g/mol. The van der Waals surface area contributed by atoms with E-state index >= 15 is 0 Å². The molecule has 1 atom stereocenters. The predicted molar refractivity (Wildman–Crippen MR) is 95.6 cm³/mol. The molecule has 1 unspecified atom stereocenters. The smallest absolute Gasteiger partial charge is 0.212 e. The summed E-state index contributed by atoms with van der Waals surface area (Å²) in [5.41, 5.74) is 0. The Bertz CT molecular complexity index is 361. The van der Waals surface area contributed by atoms with E-state index in [1.807, 2.05) is 0 Å². The Morgan fingerprint density at radius 2 is 1.27 bits per heavy atom. The zero-order valence-corrected chi connectivity index (χ0v) is 15.7. The first-order valence-corrected chi connectivity index (χ1v) is 11.1. The molecule has 0 N–H and O–H groups in total. The van der Waals surface area contributed by atoms with E-state index in [2.05, 4.69) is 13.8 Å². The normalized spacial score (nSPS) is 18.5. The van der Waals surface area contributed by atoms with Crippen molar-refractivity contribution in [1.29, 1.82) is 0 Å². The molecule has 132 valence electrons. The van der Waals surface area contributed by atoms with E-state index in [4.69, 9.17) is 0 Å². The van der Waals surface area contributed by atoms with Gasteiger partial charge in [0.1, 0.15) is 0 Å². The zero-order valence-electron chi connectivity index (χ0n) is 14.9. The summed E-state index contributed by atoms with van der Waals surface area (Å²) in [5, 5.41) is -0.126. The van der Waals surface area contributed by atoms with Crippen LogP contribution >= 0.6 is 0 Å². The van der Waals surface area contributed by atoms with Crippen molar-refractivity contribution in [3.63, 3.8) is 0 Å². The van der Waals surface area contributed by atoms with Crippen LogP contribution in [0.1, 0.15) is 97.3 Å². The number of unbranched alkanes of at least 4 members (excludes halogenated alkanes) is 6. The number of sulfonamides is 1. The van der Waals surface area contributed by atoms with E-state index in [1.165, 1.54) is 32.1 Å². The van der Waals surface area contributed by atoms with Crippen LogP contribution in [0.2, 0.25) is 0 Å². The second kappa shape index (κ2) is 11.4. The van der Waals surface area contributed by atoms with Crippen molar-refractivity contribution >= 4 is 10.0 Å². The van der Waals surface area contributed by atoms with Gasteiger partial charge in [-0.25, -0.2) is 12.7 Å². The molecular formula is C18H37NO2S. The summed E-state index contributed by atoms with van der Waals surface area (Å²) >= 11 is 0. The van der Waals surface area contributed by atoms with Gasteiger partial charge in [0.15, 0.2) is 0 Å². The van der Waals surface area contributed by atoms with Crippen LogP contribution in [0.3, 0.4) is 0 Å². The Balaban J connectivity index is 2.53. The minimum atomic E-state index is -3.06. The maximum Gasteiger partial charge on any atom is 0.216 e. The van der Waals surface area contributed by atoms with Crippen LogP contribution in [0.25, 0.3) is 0 Å². The van der Waals surface area contributed by atoms with Gasteiger partial charge < -0.3 is 0 Å². The van der Waals surface area contributed by atoms with E-state index in [0.29, 0.717) is 0 Å². The Hall–Kier alpha value is -0.0900. The average Bonchev–Trinajstić information content (AvgIpc) is 2.54. The molecule has 4 heteroatoms. The summed E-state index contributed by atoms with van der Waals surface area (Å²) in [5.74, 6) is 0. The SMILES string of the molecule is CCCCCCCC(CCCCC)S(=O)(=O)N1CCCCC1. The second-order valence-corrected chi connectivity index (χ2v) is 9.04. The van der Waals surface area contributed by atoms with E-state index < -0.39 is 10.0 Å². The number of rotatable bonds is 12. The third-order valence-electron chi connectivity index (χ3n) is 4.86. The van der Waals surface area contributed by atoms with E-state index in [1.54, 1.807) is 4.31 Å². The van der Waals surface area contributed by atoms with Crippen LogP contribution in [0.5, 0.6) is 0 Å². The van der Waals surface area contributed by atoms with Crippen molar-refractivity contribution < 1.29 is 8.42 Å². The lowest BCUT2D eigenvalue weighted by Crippen LogP contribution is -2.41. The molecule has 0 aromatic carbocycles. The van der Waals surface area contributed by atoms with Gasteiger partial charge in [0.05, 0.1) is 5.25 Å². The molecule has 1 aliphatic rings. The molecule has 0 aliphatic carbocycles. The highest BCUT2D eigenvalue weighted by Gasteiger charge is 2.31. The van der Waals surface area contributed by atoms with Crippen molar-refractivity contribution in [3.05, 3.63) is 0 Å². The first kappa shape index (κ1) is 20.0. The minimum Gasteiger partial charge on any atom is -0.212 e. The Kier molecular flexibility index (Phi) is 10.4. The molecule has 0 radical (unpaired) electrons. The molecule has 1 aliphatic heterocycles. The van der Waals surface area contributed by atoms with Crippen LogP contribution in [0.15, 0.2) is 0 Å². The van der Waals surface area contributed by atoms with E-state index in [-0.39, 0.29) is 5.25 Å². The largest absolute Gasteiger partial charge is 0.216 e. The molecule has 0 amide bonds. The van der Waals surface area contributed by atoms with Crippen molar-refractivity contribution in [2.75, 3.05) is 13.1 Å². The number of nitrogens with zero attached hydrogens (tertiary/aromatic N) is 1. The van der Waals surface area contributed by atoms with Gasteiger partial charge in [0.2, 0.25) is 10.0 Å². The maximum absolute atomic E-state index is 12.9. The second-order valence-electron chi connectivity index (χ2n) is 6.83. The highest BCUT2D eigenvalue weighted by atomic mass is 32.2. The Morgan fingerprint density at radius 3 is 1.86 bits per heavy atom. The van der Waals surface area contributed by atoms with Gasteiger partial charge in [-0.2, -0.15) is 0 Å². The van der Waals surface area contributed by atoms with Crippen LogP contribution in [0.4, 0.5) is 0 Å². The molecule has 1 saturated heterocycles. The van der Waals surface area contributed by atoms with E-state index in [9.17, 15) is 8.42 Å². The number of piperidine rings is 1. The average molecular weight is 332 g/mol. The number of hydrogen-bond donors (Lipinski definition) is 0. The quantitative estimate of drug-likeness (QED) is 0.466. The topological polar surface area (TPSA) is 37.4 Å². The van der Waals surface area contributed by atoms with Gasteiger partial charge >= 0.3 is 0 Å². The first-order chi connectivity index (χ1) is 10.6. The Labute approximate surface area is 138 Å². The molecule has 1 heterocycles. The maximum atomic E-state index is 12.9. The molecular weight excluding hydrogens is 294 g/mol. The van der Waals surface area contributed by atoms with Crippen molar-refractivity contribution in [3.8, 4) is 0 Å². The van der Waals surface area contributed by atoms with Crippen LogP contribution in [0, 0.1) is 0 Å². The Morgan fingerprint density at radius 1 is 0.773 bits per heavy atom. The fourth-order valence-electron chi connectivity index (χ4n) is 3.37. The lowest BCUT2D eigenvalue weighted by molar-refractivity contribution is 0.338. The first-order valence-electron chi connectivity index (χ1n) is 9.61. The van der Waals surface area contributed by atoms with Gasteiger partial charge in [-0.3, -0.25) is 0 Å². The lowest BCUT2D eigenvalue weighted by atomic mass is 10.1. The van der Waals surface area contributed by atoms with Gasteiger partial charge in [0, 0.05) is 13.1 Å². The molecule has 22 heavy (non-hydrogen) atoms. The molecule has 0 spiro atoms. The summed E-state index contributed by atoms with van der Waals surface area (Å²) in [6.07, 6.45) is 14.4. The minimum absolute atomic E-state index is 0.126. The summed E-state index contributed by atoms with van der Waals surface area (Å²) in [6, 6.07) is 0. The highest BCUT2D eigenvalue weighted by molar-refractivity contribution is 7.89. The van der Waals surface area contributed by atoms with Gasteiger partial charge in [-0.05, 0) is 25.7 Å². The van der Waals surface area contributed by atoms with Crippen molar-refractivity contribution in [1.82, 2.24) is 4.31 Å². The molecule has 1 fully saturated rings. The van der Waals surface area contributed by atoms with Crippen molar-refractivity contribution in [2.45, 2.75) is 103 Å². The van der Waals surface area contributed by atoms with Crippen LogP contribution in [-0.4, -0.2) is 31.1 Å². The van der Waals surface area contributed by atoms with Gasteiger partial charge in [0.25, 0.3) is 0 Å². The molecule has 0 bridgehead atoms. The van der Waals surface area contributed by atoms with Crippen molar-refractivity contribution in [2.24, 2.45) is 0 Å². The number of hydrogen-bond acceptors (Lipinski definition) is 2. The molecule has 0 saturated carbocycles. The van der Waals surface area contributed by atoms with Crippen LogP contribution < -0.4 is 0 Å². The molecule has 0 aromatic rings. The fraction of sp³-hybridized carbons (Fsp3) is 1.00. The predicted octanol–water partition coefficient (Wildman–Crippen LogP) is 5.11. The zero-order chi connectivity index (χ0) is 16.3. The third kappa shape index (κ3) is 6.99. The molecule has 0 aromatic heterocycles. The third-order valence-corrected chi connectivity index (χ3v) is 7.25. The summed E-state index contributed by atoms with van der Waals surface area (Å²) in [7, 11) is -3.06. The van der Waals surface area contributed by atoms with Gasteiger partial charge in [-0.1, -0.05) is 71.6 Å². The lowest BCUT2D eigenvalue weighted by Gasteiger charge is -2.30. The standard InChI is InChI=1S/C18H37NO2S/c1-3-5-7-8-11-15-18(14-10-6-4-2)22(20,21)19-16-12-9-13-17-19/h18H,3-17H2,1-2H3. The molecule has 3 nitrogen and oxygen atoms in total. The molecule has 1 rings (SSSR count). The summed E-state index contributed by atoms with van der Waals surface area (Å²) < 4.78 is 27.6. The van der Waals surface area contributed by atoms with Crippen LogP contribution in [-0.2, 0) is 10.0 Å². The fourth-order valence-corrected chi connectivity index (χ4v) is 5.49. The van der Waals surface area contributed by atoms with Gasteiger partial charge in [-0.15, -0.1) is 0 Å². The summed E-state index contributed by atoms with van der Waals surface area (Å²) in [6.45, 7) is 5.90. The van der Waals surface area contributed by atoms with E-state index in [0.717, 1.165) is 64.5 Å². The highest BCUT2D eigenvalue weighted by Crippen LogP contribution is 2.24.